The van der Waals surface area contributed by atoms with Crippen LogP contribution >= 0.6 is 0 Å². The van der Waals surface area contributed by atoms with Crippen molar-refractivity contribution in [1.82, 2.24) is 20.1 Å². The number of rotatable bonds is 3. The number of benzene rings is 1. The summed E-state index contributed by atoms with van der Waals surface area (Å²) in [7, 11) is 0. The molecule has 0 saturated carbocycles. The molecule has 0 bridgehead atoms. The zero-order valence-electron chi connectivity index (χ0n) is 10.8. The van der Waals surface area contributed by atoms with Gasteiger partial charge in [-0.3, -0.25) is 0 Å². The lowest BCUT2D eigenvalue weighted by Gasteiger charge is -2.20. The first-order chi connectivity index (χ1) is 8.47. The third-order valence-electron chi connectivity index (χ3n) is 2.48. The van der Waals surface area contributed by atoms with Crippen LogP contribution < -0.4 is 5.32 Å². The topological polar surface area (TPSA) is 42.7 Å². The van der Waals surface area contributed by atoms with Crippen LogP contribution in [0, 0.1) is 5.82 Å². The molecule has 96 valence electrons. The minimum atomic E-state index is -0.306. The minimum Gasteiger partial charge on any atom is -0.305 e. The van der Waals surface area contributed by atoms with Crippen molar-refractivity contribution < 1.29 is 4.39 Å². The standard InChI is InChI=1S/C13H17FN4/c1-13(2,3)16-8-12-15-9-17-18(12)11-7-5-4-6-10(11)14/h4-7,9,16H,8H2,1-3H3. The van der Waals surface area contributed by atoms with Crippen molar-refractivity contribution in [2.24, 2.45) is 0 Å². The second-order valence-electron chi connectivity index (χ2n) is 5.14. The molecule has 0 atom stereocenters. The Bertz CT molecular complexity index is 528. The molecule has 0 aliphatic rings. The van der Waals surface area contributed by atoms with Crippen molar-refractivity contribution in [3.8, 4) is 5.69 Å². The number of nitrogens with one attached hydrogen (secondary N) is 1. The number of halogens is 1. The van der Waals surface area contributed by atoms with Gasteiger partial charge in [-0.25, -0.2) is 14.1 Å². The quantitative estimate of drug-likeness (QED) is 0.906. The molecule has 0 saturated heterocycles. The molecule has 2 rings (SSSR count). The van der Waals surface area contributed by atoms with E-state index in [1.54, 1.807) is 18.2 Å². The fraction of sp³-hybridized carbons (Fsp3) is 0.385. The van der Waals surface area contributed by atoms with Gasteiger partial charge in [0, 0.05) is 5.54 Å². The second kappa shape index (κ2) is 4.86. The molecule has 0 unspecified atom stereocenters. The van der Waals surface area contributed by atoms with Crippen LogP contribution in [-0.4, -0.2) is 20.3 Å². The summed E-state index contributed by atoms with van der Waals surface area (Å²) >= 11 is 0. The molecule has 1 N–H and O–H groups in total. The Kier molecular flexibility index (Phi) is 3.43. The number of hydrogen-bond donors (Lipinski definition) is 1. The van der Waals surface area contributed by atoms with Gasteiger partial charge < -0.3 is 5.32 Å². The van der Waals surface area contributed by atoms with Gasteiger partial charge in [0.05, 0.1) is 6.54 Å². The molecule has 2 aromatic rings. The molecule has 5 heteroatoms. The Labute approximate surface area is 106 Å². The first-order valence-corrected chi connectivity index (χ1v) is 5.86. The second-order valence-corrected chi connectivity index (χ2v) is 5.14. The fourth-order valence-corrected chi connectivity index (χ4v) is 1.55. The van der Waals surface area contributed by atoms with Gasteiger partial charge in [0.25, 0.3) is 0 Å². The summed E-state index contributed by atoms with van der Waals surface area (Å²) in [5.41, 5.74) is 0.396. The van der Waals surface area contributed by atoms with Gasteiger partial charge in [0.1, 0.15) is 23.7 Å². The van der Waals surface area contributed by atoms with E-state index in [0.717, 1.165) is 0 Å². The Hall–Kier alpha value is -1.75. The maximum atomic E-state index is 13.7. The molecule has 0 amide bonds. The van der Waals surface area contributed by atoms with E-state index in [4.69, 9.17) is 0 Å². The summed E-state index contributed by atoms with van der Waals surface area (Å²) < 4.78 is 15.2. The molecule has 0 spiro atoms. The van der Waals surface area contributed by atoms with E-state index in [1.807, 2.05) is 0 Å². The van der Waals surface area contributed by atoms with Gasteiger partial charge in [-0.05, 0) is 32.9 Å². The Morgan fingerprint density at radius 3 is 2.67 bits per heavy atom. The molecule has 0 aliphatic carbocycles. The van der Waals surface area contributed by atoms with Crippen LogP contribution in [0.1, 0.15) is 26.6 Å². The molecule has 4 nitrogen and oxygen atoms in total. The monoisotopic (exact) mass is 248 g/mol. The van der Waals surface area contributed by atoms with Crippen molar-refractivity contribution in [1.29, 1.82) is 0 Å². The molecule has 1 aromatic carbocycles. The summed E-state index contributed by atoms with van der Waals surface area (Å²) in [6.07, 6.45) is 1.44. The van der Waals surface area contributed by atoms with Crippen molar-refractivity contribution >= 4 is 0 Å². The highest BCUT2D eigenvalue weighted by Gasteiger charge is 2.14. The van der Waals surface area contributed by atoms with E-state index in [-0.39, 0.29) is 11.4 Å². The molecule has 1 aromatic heterocycles. The Morgan fingerprint density at radius 1 is 1.28 bits per heavy atom. The summed E-state index contributed by atoms with van der Waals surface area (Å²) in [5.74, 6) is 0.384. The van der Waals surface area contributed by atoms with E-state index in [9.17, 15) is 4.39 Å². The highest BCUT2D eigenvalue weighted by atomic mass is 19.1. The van der Waals surface area contributed by atoms with Crippen LogP contribution in [0.2, 0.25) is 0 Å². The van der Waals surface area contributed by atoms with Crippen molar-refractivity contribution in [2.45, 2.75) is 32.9 Å². The fourth-order valence-electron chi connectivity index (χ4n) is 1.55. The van der Waals surface area contributed by atoms with E-state index in [0.29, 0.717) is 18.1 Å². The van der Waals surface area contributed by atoms with E-state index in [2.05, 4.69) is 36.2 Å². The summed E-state index contributed by atoms with van der Waals surface area (Å²) in [6.45, 7) is 6.74. The first-order valence-electron chi connectivity index (χ1n) is 5.86. The average Bonchev–Trinajstić information content (AvgIpc) is 2.74. The van der Waals surface area contributed by atoms with Gasteiger partial charge in [-0.2, -0.15) is 5.10 Å². The predicted molar refractivity (Wildman–Crippen MR) is 67.9 cm³/mol. The van der Waals surface area contributed by atoms with E-state index >= 15 is 0 Å². The third kappa shape index (κ3) is 2.92. The zero-order chi connectivity index (χ0) is 13.2. The summed E-state index contributed by atoms with van der Waals surface area (Å²) in [4.78, 5) is 4.16. The van der Waals surface area contributed by atoms with E-state index < -0.39 is 0 Å². The normalized spacial score (nSPS) is 11.8. The van der Waals surface area contributed by atoms with Crippen molar-refractivity contribution in [3.63, 3.8) is 0 Å². The van der Waals surface area contributed by atoms with Crippen molar-refractivity contribution in [2.75, 3.05) is 0 Å². The highest BCUT2D eigenvalue weighted by Crippen LogP contribution is 2.13. The number of para-hydroxylation sites is 1. The number of aromatic nitrogens is 3. The van der Waals surface area contributed by atoms with Gasteiger partial charge in [0.15, 0.2) is 0 Å². The van der Waals surface area contributed by atoms with Crippen LogP contribution in [0.4, 0.5) is 4.39 Å². The Balaban J connectivity index is 2.26. The maximum absolute atomic E-state index is 13.7. The molecular formula is C13H17FN4. The minimum absolute atomic E-state index is 0.0218. The van der Waals surface area contributed by atoms with Gasteiger partial charge in [-0.15, -0.1) is 0 Å². The van der Waals surface area contributed by atoms with Crippen LogP contribution in [0.15, 0.2) is 30.6 Å². The Morgan fingerprint density at radius 2 is 2.00 bits per heavy atom. The maximum Gasteiger partial charge on any atom is 0.148 e. The smallest absolute Gasteiger partial charge is 0.148 e. The predicted octanol–water partition coefficient (Wildman–Crippen LogP) is 2.29. The lowest BCUT2D eigenvalue weighted by Crippen LogP contribution is -2.36. The lowest BCUT2D eigenvalue weighted by molar-refractivity contribution is 0.414. The largest absolute Gasteiger partial charge is 0.305 e. The van der Waals surface area contributed by atoms with E-state index in [1.165, 1.54) is 17.1 Å². The summed E-state index contributed by atoms with van der Waals surface area (Å²) in [5, 5.41) is 7.38. The number of nitrogens with zero attached hydrogens (tertiary/aromatic N) is 3. The molecule has 0 aliphatic heterocycles. The van der Waals surface area contributed by atoms with Crippen molar-refractivity contribution in [3.05, 3.63) is 42.2 Å². The molecule has 0 radical (unpaired) electrons. The number of hydrogen-bond acceptors (Lipinski definition) is 3. The third-order valence-corrected chi connectivity index (χ3v) is 2.48. The van der Waals surface area contributed by atoms with Crippen LogP contribution in [-0.2, 0) is 6.54 Å². The van der Waals surface area contributed by atoms with Gasteiger partial charge in [-0.1, -0.05) is 12.1 Å². The van der Waals surface area contributed by atoms with Crippen LogP contribution in [0.5, 0.6) is 0 Å². The van der Waals surface area contributed by atoms with Gasteiger partial charge in [0.2, 0.25) is 0 Å². The highest BCUT2D eigenvalue weighted by molar-refractivity contribution is 5.32. The van der Waals surface area contributed by atoms with Gasteiger partial charge >= 0.3 is 0 Å². The van der Waals surface area contributed by atoms with Crippen LogP contribution in [0.25, 0.3) is 5.69 Å². The average molecular weight is 248 g/mol. The van der Waals surface area contributed by atoms with Crippen LogP contribution in [0.3, 0.4) is 0 Å². The first kappa shape index (κ1) is 12.7. The molecular weight excluding hydrogens is 231 g/mol. The summed E-state index contributed by atoms with van der Waals surface area (Å²) in [6, 6.07) is 6.53. The lowest BCUT2D eigenvalue weighted by atomic mass is 10.1. The SMILES string of the molecule is CC(C)(C)NCc1ncnn1-c1ccccc1F. The molecule has 0 fully saturated rings. The zero-order valence-corrected chi connectivity index (χ0v) is 10.8. The molecule has 1 heterocycles. The molecule has 18 heavy (non-hydrogen) atoms.